The molecule has 4 heteroatoms. The van der Waals surface area contributed by atoms with Crippen LogP contribution in [0.15, 0.2) is 12.4 Å². The Bertz CT molecular complexity index is 222. The summed E-state index contributed by atoms with van der Waals surface area (Å²) < 4.78 is 1.79. The maximum atomic E-state index is 9.06. The van der Waals surface area contributed by atoms with Crippen molar-refractivity contribution in [3.63, 3.8) is 0 Å². The first-order valence-electron chi connectivity index (χ1n) is 3.50. The quantitative estimate of drug-likeness (QED) is 0.623. The fraction of sp³-hybridized carbons (Fsp3) is 0.571. The third-order valence-corrected chi connectivity index (χ3v) is 1.54. The van der Waals surface area contributed by atoms with Crippen LogP contribution < -0.4 is 0 Å². The topological polar surface area (TPSA) is 58.3 Å². The van der Waals surface area contributed by atoms with E-state index < -0.39 is 6.10 Å². The molecule has 0 aromatic carbocycles. The van der Waals surface area contributed by atoms with Crippen molar-refractivity contribution in [2.45, 2.75) is 19.6 Å². The van der Waals surface area contributed by atoms with Crippen LogP contribution in [0.25, 0.3) is 0 Å². The smallest absolute Gasteiger partial charge is 0.105 e. The van der Waals surface area contributed by atoms with Crippen molar-refractivity contribution in [2.75, 3.05) is 6.61 Å². The molecule has 11 heavy (non-hydrogen) atoms. The lowest BCUT2D eigenvalue weighted by Gasteiger charge is -2.08. The minimum Gasteiger partial charge on any atom is -0.394 e. The van der Waals surface area contributed by atoms with Crippen LogP contribution in [0.1, 0.15) is 5.82 Å². The Hall–Kier alpha value is -0.870. The molecule has 0 bridgehead atoms. The molecule has 1 rings (SSSR count). The van der Waals surface area contributed by atoms with Gasteiger partial charge in [-0.15, -0.1) is 0 Å². The van der Waals surface area contributed by atoms with Gasteiger partial charge in [0.25, 0.3) is 0 Å². The molecular weight excluding hydrogens is 144 g/mol. The molecule has 4 nitrogen and oxygen atoms in total. The number of aryl methyl sites for hydroxylation is 1. The summed E-state index contributed by atoms with van der Waals surface area (Å²) in [6, 6.07) is 0. The summed E-state index contributed by atoms with van der Waals surface area (Å²) in [7, 11) is 0. The number of rotatable bonds is 3. The Morgan fingerprint density at radius 2 is 2.45 bits per heavy atom. The van der Waals surface area contributed by atoms with Gasteiger partial charge in [-0.2, -0.15) is 0 Å². The Morgan fingerprint density at radius 1 is 1.73 bits per heavy atom. The molecule has 1 atom stereocenters. The molecule has 0 aliphatic rings. The van der Waals surface area contributed by atoms with Gasteiger partial charge in [-0.3, -0.25) is 0 Å². The summed E-state index contributed by atoms with van der Waals surface area (Å²) in [5, 5.41) is 17.6. The van der Waals surface area contributed by atoms with Crippen molar-refractivity contribution < 1.29 is 10.2 Å². The van der Waals surface area contributed by atoms with Crippen molar-refractivity contribution in [1.29, 1.82) is 0 Å². The van der Waals surface area contributed by atoms with Gasteiger partial charge in [0.05, 0.1) is 19.3 Å². The fourth-order valence-electron chi connectivity index (χ4n) is 0.881. The Labute approximate surface area is 65.1 Å². The lowest BCUT2D eigenvalue weighted by molar-refractivity contribution is 0.0807. The van der Waals surface area contributed by atoms with E-state index in [1.807, 2.05) is 6.92 Å². The Balaban J connectivity index is 2.56. The average molecular weight is 156 g/mol. The molecule has 1 aromatic heterocycles. The zero-order valence-electron chi connectivity index (χ0n) is 6.44. The van der Waals surface area contributed by atoms with E-state index in [9.17, 15) is 0 Å². The van der Waals surface area contributed by atoms with Crippen molar-refractivity contribution in [3.8, 4) is 0 Å². The predicted molar refractivity (Wildman–Crippen MR) is 40.1 cm³/mol. The van der Waals surface area contributed by atoms with Gasteiger partial charge in [-0.05, 0) is 6.92 Å². The highest BCUT2D eigenvalue weighted by atomic mass is 16.3. The minimum absolute atomic E-state index is 0.211. The van der Waals surface area contributed by atoms with E-state index >= 15 is 0 Å². The van der Waals surface area contributed by atoms with E-state index in [2.05, 4.69) is 4.98 Å². The lowest BCUT2D eigenvalue weighted by atomic mass is 10.4. The maximum Gasteiger partial charge on any atom is 0.105 e. The predicted octanol–water partition coefficient (Wildman–Crippen LogP) is -0.455. The average Bonchev–Trinajstić information content (AvgIpc) is 2.37. The van der Waals surface area contributed by atoms with Crippen LogP contribution in [0.5, 0.6) is 0 Å². The maximum absolute atomic E-state index is 9.06. The van der Waals surface area contributed by atoms with Gasteiger partial charge in [0.1, 0.15) is 5.82 Å². The molecule has 0 aliphatic carbocycles. The molecule has 0 saturated heterocycles. The first-order valence-corrected chi connectivity index (χ1v) is 3.50. The van der Waals surface area contributed by atoms with Gasteiger partial charge in [0.2, 0.25) is 0 Å². The highest BCUT2D eigenvalue weighted by molar-refractivity contribution is 4.88. The SMILES string of the molecule is Cc1nccn1CC(O)CO. The lowest BCUT2D eigenvalue weighted by Crippen LogP contribution is -2.19. The van der Waals surface area contributed by atoms with Crippen LogP contribution in [-0.4, -0.2) is 32.5 Å². The summed E-state index contributed by atoms with van der Waals surface area (Å²) in [5.41, 5.74) is 0. The molecule has 2 N–H and O–H groups in total. The van der Waals surface area contributed by atoms with Crippen molar-refractivity contribution in [2.24, 2.45) is 0 Å². The van der Waals surface area contributed by atoms with Crippen LogP contribution in [0.2, 0.25) is 0 Å². The highest BCUT2D eigenvalue weighted by Crippen LogP contribution is 1.96. The van der Waals surface area contributed by atoms with E-state index in [4.69, 9.17) is 10.2 Å². The second-order valence-corrected chi connectivity index (χ2v) is 2.46. The summed E-state index contributed by atoms with van der Waals surface area (Å²) >= 11 is 0. The molecule has 0 radical (unpaired) electrons. The second-order valence-electron chi connectivity index (χ2n) is 2.46. The largest absolute Gasteiger partial charge is 0.394 e. The molecule has 62 valence electrons. The summed E-state index contributed by atoms with van der Waals surface area (Å²) in [6.45, 7) is 2.05. The molecular formula is C7H12N2O2. The molecule has 0 saturated carbocycles. The van der Waals surface area contributed by atoms with Gasteiger partial charge < -0.3 is 14.8 Å². The fourth-order valence-corrected chi connectivity index (χ4v) is 0.881. The molecule has 0 amide bonds. The normalized spacial score (nSPS) is 13.4. The molecule has 1 heterocycles. The monoisotopic (exact) mass is 156 g/mol. The van der Waals surface area contributed by atoms with Crippen molar-refractivity contribution >= 4 is 0 Å². The molecule has 1 unspecified atom stereocenters. The number of aromatic nitrogens is 2. The first-order chi connectivity index (χ1) is 5.24. The third kappa shape index (κ3) is 2.03. The van der Waals surface area contributed by atoms with Crippen molar-refractivity contribution in [3.05, 3.63) is 18.2 Å². The molecule has 0 spiro atoms. The van der Waals surface area contributed by atoms with Crippen molar-refractivity contribution in [1.82, 2.24) is 9.55 Å². The van der Waals surface area contributed by atoms with Gasteiger partial charge >= 0.3 is 0 Å². The van der Waals surface area contributed by atoms with Crippen LogP contribution in [0.3, 0.4) is 0 Å². The Kier molecular flexibility index (Phi) is 2.62. The summed E-state index contributed by atoms with van der Waals surface area (Å²) in [6.07, 6.45) is 2.75. The zero-order valence-corrected chi connectivity index (χ0v) is 6.44. The van der Waals surface area contributed by atoms with Gasteiger partial charge in [0, 0.05) is 12.4 Å². The van der Waals surface area contributed by atoms with Crippen LogP contribution in [-0.2, 0) is 6.54 Å². The molecule has 0 fully saturated rings. The van der Waals surface area contributed by atoms with Crippen LogP contribution in [0.4, 0.5) is 0 Å². The number of imidazole rings is 1. The number of hydrogen-bond donors (Lipinski definition) is 2. The van der Waals surface area contributed by atoms with Crippen LogP contribution >= 0.6 is 0 Å². The third-order valence-electron chi connectivity index (χ3n) is 1.54. The van der Waals surface area contributed by atoms with Crippen LogP contribution in [0, 0.1) is 6.92 Å². The Morgan fingerprint density at radius 3 is 2.91 bits per heavy atom. The first kappa shape index (κ1) is 8.23. The number of aliphatic hydroxyl groups is 2. The van der Waals surface area contributed by atoms with E-state index in [1.165, 1.54) is 0 Å². The summed E-state index contributed by atoms with van der Waals surface area (Å²) in [5.74, 6) is 0.845. The second kappa shape index (κ2) is 3.50. The number of hydrogen-bond acceptors (Lipinski definition) is 3. The van der Waals surface area contributed by atoms with E-state index in [1.54, 1.807) is 17.0 Å². The zero-order chi connectivity index (χ0) is 8.27. The summed E-state index contributed by atoms with van der Waals surface area (Å²) in [4.78, 5) is 3.97. The number of nitrogens with zero attached hydrogens (tertiary/aromatic N) is 2. The highest BCUT2D eigenvalue weighted by Gasteiger charge is 2.03. The van der Waals surface area contributed by atoms with Gasteiger partial charge in [-0.1, -0.05) is 0 Å². The minimum atomic E-state index is -0.692. The van der Waals surface area contributed by atoms with Gasteiger partial charge in [0.15, 0.2) is 0 Å². The van der Waals surface area contributed by atoms with E-state index in [-0.39, 0.29) is 6.61 Å². The standard InChI is InChI=1S/C7H12N2O2/c1-6-8-2-3-9(6)4-7(11)5-10/h2-3,7,10-11H,4-5H2,1H3. The van der Waals surface area contributed by atoms with E-state index in [0.29, 0.717) is 6.54 Å². The van der Waals surface area contributed by atoms with Gasteiger partial charge in [-0.25, -0.2) is 4.98 Å². The molecule has 1 aromatic rings. The number of aliphatic hydroxyl groups excluding tert-OH is 2. The molecule has 0 aliphatic heterocycles. The van der Waals surface area contributed by atoms with E-state index in [0.717, 1.165) is 5.82 Å².